The second-order valence-corrected chi connectivity index (χ2v) is 4.62. The van der Waals surface area contributed by atoms with Crippen molar-refractivity contribution in [2.75, 3.05) is 12.4 Å². The number of nitrogens with zero attached hydrogens (tertiary/aromatic N) is 1. The fourth-order valence-electron chi connectivity index (χ4n) is 1.56. The molecule has 0 spiro atoms. The van der Waals surface area contributed by atoms with Crippen LogP contribution >= 0.6 is 15.9 Å². The van der Waals surface area contributed by atoms with Crippen LogP contribution in [0.1, 0.15) is 5.56 Å². The maximum atomic E-state index is 11.8. The first-order valence-electron chi connectivity index (χ1n) is 5.87. The Kier molecular flexibility index (Phi) is 4.95. The average Bonchev–Trinajstić information content (AvgIpc) is 2.48. The van der Waals surface area contributed by atoms with Crippen LogP contribution in [0.4, 0.5) is 10.5 Å². The van der Waals surface area contributed by atoms with Gasteiger partial charge in [-0.2, -0.15) is 0 Å². The van der Waals surface area contributed by atoms with E-state index in [2.05, 4.69) is 26.2 Å². The summed E-state index contributed by atoms with van der Waals surface area (Å²) in [4.78, 5) is 15.8. The zero-order chi connectivity index (χ0) is 14.4. The van der Waals surface area contributed by atoms with Crippen LogP contribution in [-0.4, -0.2) is 18.2 Å². The molecule has 0 aliphatic heterocycles. The van der Waals surface area contributed by atoms with E-state index in [9.17, 15) is 4.79 Å². The summed E-state index contributed by atoms with van der Waals surface area (Å²) in [5, 5.41) is 2.60. The highest BCUT2D eigenvalue weighted by atomic mass is 79.9. The Morgan fingerprint density at radius 1 is 1.30 bits per heavy atom. The van der Waals surface area contributed by atoms with E-state index >= 15 is 0 Å². The molecule has 0 bridgehead atoms. The van der Waals surface area contributed by atoms with E-state index in [-0.39, 0.29) is 6.61 Å². The maximum absolute atomic E-state index is 11.8. The number of hydrogen-bond acceptors (Lipinski definition) is 4. The first kappa shape index (κ1) is 14.3. The molecule has 0 unspecified atom stereocenters. The molecule has 0 saturated heterocycles. The van der Waals surface area contributed by atoms with Crippen LogP contribution in [0.2, 0.25) is 0 Å². The molecule has 1 amide bonds. The van der Waals surface area contributed by atoms with Crippen LogP contribution in [-0.2, 0) is 11.3 Å². The molecule has 2 aromatic rings. The molecule has 1 aromatic carbocycles. The normalized spacial score (nSPS) is 9.90. The fraction of sp³-hybridized carbons (Fsp3) is 0.143. The van der Waals surface area contributed by atoms with Gasteiger partial charge in [0.15, 0.2) is 0 Å². The van der Waals surface area contributed by atoms with Gasteiger partial charge in [-0.1, -0.05) is 30.3 Å². The lowest BCUT2D eigenvalue weighted by Gasteiger charge is -2.11. The number of pyridine rings is 1. The minimum absolute atomic E-state index is 0.201. The van der Waals surface area contributed by atoms with E-state index in [0.717, 1.165) is 5.56 Å². The molecule has 0 aliphatic carbocycles. The number of hydrogen-bond donors (Lipinski definition) is 1. The molecular weight excluding hydrogens is 324 g/mol. The van der Waals surface area contributed by atoms with Crippen molar-refractivity contribution in [2.45, 2.75) is 6.61 Å². The Hall–Kier alpha value is -2.08. The lowest BCUT2D eigenvalue weighted by Crippen LogP contribution is -2.14. The van der Waals surface area contributed by atoms with Crippen molar-refractivity contribution in [1.82, 2.24) is 4.98 Å². The number of aromatic nitrogens is 1. The average molecular weight is 337 g/mol. The molecule has 0 saturated carbocycles. The second kappa shape index (κ2) is 6.91. The molecule has 1 heterocycles. The first-order valence-corrected chi connectivity index (χ1v) is 6.66. The Morgan fingerprint density at radius 3 is 2.75 bits per heavy atom. The minimum Gasteiger partial charge on any atom is -0.494 e. The Balaban J connectivity index is 1.98. The molecule has 5 nitrogen and oxygen atoms in total. The third kappa shape index (κ3) is 3.71. The van der Waals surface area contributed by atoms with Crippen LogP contribution in [0.15, 0.2) is 47.2 Å². The Morgan fingerprint density at radius 2 is 2.05 bits per heavy atom. The van der Waals surface area contributed by atoms with E-state index in [1.54, 1.807) is 12.3 Å². The van der Waals surface area contributed by atoms with Crippen molar-refractivity contribution in [1.29, 1.82) is 0 Å². The van der Waals surface area contributed by atoms with Gasteiger partial charge in [-0.05, 0) is 21.5 Å². The summed E-state index contributed by atoms with van der Waals surface area (Å²) in [6, 6.07) is 11.1. The molecule has 20 heavy (non-hydrogen) atoms. The zero-order valence-corrected chi connectivity index (χ0v) is 12.4. The van der Waals surface area contributed by atoms with E-state index in [1.165, 1.54) is 7.11 Å². The van der Waals surface area contributed by atoms with Crippen molar-refractivity contribution in [2.24, 2.45) is 0 Å². The predicted molar refractivity (Wildman–Crippen MR) is 78.7 cm³/mol. The minimum atomic E-state index is -0.569. The molecule has 1 aromatic heterocycles. The molecule has 104 valence electrons. The summed E-state index contributed by atoms with van der Waals surface area (Å²) in [5.41, 5.74) is 1.35. The van der Waals surface area contributed by atoms with Gasteiger partial charge in [0, 0.05) is 12.3 Å². The van der Waals surface area contributed by atoms with Gasteiger partial charge in [-0.15, -0.1) is 0 Å². The van der Waals surface area contributed by atoms with Gasteiger partial charge in [0.2, 0.25) is 0 Å². The van der Waals surface area contributed by atoms with E-state index in [0.29, 0.717) is 16.0 Å². The zero-order valence-electron chi connectivity index (χ0n) is 10.8. The van der Waals surface area contributed by atoms with Gasteiger partial charge in [0.25, 0.3) is 0 Å². The number of amides is 1. The highest BCUT2D eigenvalue weighted by Gasteiger charge is 2.12. The lowest BCUT2D eigenvalue weighted by atomic mass is 10.2. The van der Waals surface area contributed by atoms with Gasteiger partial charge >= 0.3 is 6.09 Å². The molecule has 0 atom stereocenters. The topological polar surface area (TPSA) is 60.5 Å². The SMILES string of the molecule is COc1ccnc(Br)c1NC(=O)OCc1ccccc1. The van der Waals surface area contributed by atoms with E-state index < -0.39 is 6.09 Å². The summed E-state index contributed by atoms with van der Waals surface area (Å²) >= 11 is 3.25. The highest BCUT2D eigenvalue weighted by Crippen LogP contribution is 2.30. The second-order valence-electron chi connectivity index (χ2n) is 3.87. The number of carbonyl (C=O) groups is 1. The van der Waals surface area contributed by atoms with Gasteiger partial charge in [0.05, 0.1) is 7.11 Å². The monoisotopic (exact) mass is 336 g/mol. The number of ether oxygens (including phenoxy) is 2. The summed E-state index contributed by atoms with van der Waals surface area (Å²) in [6.07, 6.45) is 1.00. The molecule has 0 aliphatic rings. The van der Waals surface area contributed by atoms with Crippen molar-refractivity contribution in [3.05, 3.63) is 52.8 Å². The van der Waals surface area contributed by atoms with Gasteiger partial charge < -0.3 is 9.47 Å². The highest BCUT2D eigenvalue weighted by molar-refractivity contribution is 9.10. The lowest BCUT2D eigenvalue weighted by molar-refractivity contribution is 0.155. The van der Waals surface area contributed by atoms with Crippen LogP contribution < -0.4 is 10.1 Å². The van der Waals surface area contributed by atoms with E-state index in [1.807, 2.05) is 30.3 Å². The quantitative estimate of drug-likeness (QED) is 0.866. The van der Waals surface area contributed by atoms with Crippen LogP contribution in [0.3, 0.4) is 0 Å². The standard InChI is InChI=1S/C14H13BrN2O3/c1-19-11-7-8-16-13(15)12(11)17-14(18)20-9-10-5-3-2-4-6-10/h2-8H,9H2,1H3,(H,17,18). The fourth-order valence-corrected chi connectivity index (χ4v) is 1.98. The number of nitrogens with one attached hydrogen (secondary N) is 1. The van der Waals surface area contributed by atoms with Crippen LogP contribution in [0, 0.1) is 0 Å². The molecule has 0 fully saturated rings. The van der Waals surface area contributed by atoms with Gasteiger partial charge in [-0.25, -0.2) is 9.78 Å². The van der Waals surface area contributed by atoms with Crippen molar-refractivity contribution < 1.29 is 14.3 Å². The Labute approximate surface area is 125 Å². The molecular formula is C14H13BrN2O3. The number of methoxy groups -OCH3 is 1. The number of rotatable bonds is 4. The van der Waals surface area contributed by atoms with Crippen LogP contribution in [0.5, 0.6) is 5.75 Å². The van der Waals surface area contributed by atoms with E-state index in [4.69, 9.17) is 9.47 Å². The predicted octanol–water partition coefficient (Wildman–Crippen LogP) is 3.60. The third-order valence-corrected chi connectivity index (χ3v) is 3.13. The Bertz CT molecular complexity index is 590. The summed E-state index contributed by atoms with van der Waals surface area (Å²) < 4.78 is 10.8. The summed E-state index contributed by atoms with van der Waals surface area (Å²) in [7, 11) is 1.52. The van der Waals surface area contributed by atoms with Gasteiger partial charge in [-0.3, -0.25) is 5.32 Å². The number of anilines is 1. The smallest absolute Gasteiger partial charge is 0.412 e. The van der Waals surface area contributed by atoms with Crippen molar-refractivity contribution in [3.8, 4) is 5.75 Å². The number of carbonyl (C=O) groups excluding carboxylic acids is 1. The van der Waals surface area contributed by atoms with Crippen molar-refractivity contribution >= 4 is 27.7 Å². The largest absolute Gasteiger partial charge is 0.494 e. The van der Waals surface area contributed by atoms with Crippen molar-refractivity contribution in [3.63, 3.8) is 0 Å². The first-order chi connectivity index (χ1) is 9.70. The maximum Gasteiger partial charge on any atom is 0.412 e. The molecule has 1 N–H and O–H groups in total. The van der Waals surface area contributed by atoms with Gasteiger partial charge in [0.1, 0.15) is 22.6 Å². The summed E-state index contributed by atoms with van der Waals surface area (Å²) in [5.74, 6) is 0.503. The number of benzene rings is 1. The molecule has 0 radical (unpaired) electrons. The molecule has 6 heteroatoms. The third-order valence-electron chi connectivity index (χ3n) is 2.53. The van der Waals surface area contributed by atoms with Crippen LogP contribution in [0.25, 0.3) is 0 Å². The molecule has 2 rings (SSSR count). The number of halogens is 1. The summed E-state index contributed by atoms with van der Waals surface area (Å²) in [6.45, 7) is 0.201.